The van der Waals surface area contributed by atoms with Gasteiger partial charge in [0.2, 0.25) is 0 Å². The van der Waals surface area contributed by atoms with E-state index >= 15 is 0 Å². The van der Waals surface area contributed by atoms with Crippen molar-refractivity contribution in [2.24, 2.45) is 0 Å². The molecular weight excluding hydrogens is 192 g/mol. The molecule has 0 aliphatic heterocycles. The summed E-state index contributed by atoms with van der Waals surface area (Å²) in [5, 5.41) is 0. The number of benzene rings is 1. The second-order valence-corrected chi connectivity index (χ2v) is 3.32. The molecule has 0 aliphatic rings. The van der Waals surface area contributed by atoms with Crippen molar-refractivity contribution in [3.05, 3.63) is 23.3 Å². The Morgan fingerprint density at radius 1 is 1.27 bits per heavy atom. The van der Waals surface area contributed by atoms with Gasteiger partial charge in [0.1, 0.15) is 0 Å². The minimum atomic E-state index is 0.0638. The SMILES string of the molecule is CCC(=O)c1cc(C)cc(OC)c1OC. The molecule has 0 saturated heterocycles. The van der Waals surface area contributed by atoms with Gasteiger partial charge in [0, 0.05) is 6.42 Å². The van der Waals surface area contributed by atoms with Crippen LogP contribution in [-0.4, -0.2) is 20.0 Å². The molecule has 3 nitrogen and oxygen atoms in total. The van der Waals surface area contributed by atoms with Crippen LogP contribution in [0.25, 0.3) is 0 Å². The molecule has 15 heavy (non-hydrogen) atoms. The number of hydrogen-bond acceptors (Lipinski definition) is 3. The minimum Gasteiger partial charge on any atom is -0.493 e. The summed E-state index contributed by atoms with van der Waals surface area (Å²) in [6.07, 6.45) is 0.461. The van der Waals surface area contributed by atoms with E-state index in [1.165, 1.54) is 0 Å². The minimum absolute atomic E-state index is 0.0638. The van der Waals surface area contributed by atoms with E-state index in [1.54, 1.807) is 14.2 Å². The summed E-state index contributed by atoms with van der Waals surface area (Å²) in [5.41, 5.74) is 1.58. The van der Waals surface area contributed by atoms with E-state index < -0.39 is 0 Å². The number of carbonyl (C=O) groups is 1. The van der Waals surface area contributed by atoms with Gasteiger partial charge in [-0.25, -0.2) is 0 Å². The quantitative estimate of drug-likeness (QED) is 0.713. The lowest BCUT2D eigenvalue weighted by Gasteiger charge is -2.12. The molecule has 1 aromatic carbocycles. The van der Waals surface area contributed by atoms with Gasteiger partial charge in [0.05, 0.1) is 19.8 Å². The number of methoxy groups -OCH3 is 2. The third kappa shape index (κ3) is 2.29. The van der Waals surface area contributed by atoms with E-state index in [-0.39, 0.29) is 5.78 Å². The molecule has 0 aliphatic carbocycles. The standard InChI is InChI=1S/C12H16O3/c1-5-10(13)9-6-8(2)7-11(14-3)12(9)15-4/h6-7H,5H2,1-4H3. The number of carbonyl (C=O) groups excluding carboxylic acids is 1. The van der Waals surface area contributed by atoms with Crippen molar-refractivity contribution in [3.63, 3.8) is 0 Å². The van der Waals surface area contributed by atoms with E-state index in [2.05, 4.69) is 0 Å². The van der Waals surface area contributed by atoms with E-state index in [0.717, 1.165) is 5.56 Å². The lowest BCUT2D eigenvalue weighted by Crippen LogP contribution is -2.03. The zero-order valence-electron chi connectivity index (χ0n) is 9.59. The van der Waals surface area contributed by atoms with E-state index in [1.807, 2.05) is 26.0 Å². The topological polar surface area (TPSA) is 35.5 Å². The Labute approximate surface area is 90.0 Å². The van der Waals surface area contributed by atoms with Crippen molar-refractivity contribution in [1.29, 1.82) is 0 Å². The molecule has 3 heteroatoms. The Kier molecular flexibility index (Phi) is 3.72. The van der Waals surface area contributed by atoms with Crippen LogP contribution in [0.2, 0.25) is 0 Å². The van der Waals surface area contributed by atoms with Gasteiger partial charge < -0.3 is 9.47 Å². The van der Waals surface area contributed by atoms with Crippen LogP contribution < -0.4 is 9.47 Å². The number of ketones is 1. The third-order valence-electron chi connectivity index (χ3n) is 2.24. The van der Waals surface area contributed by atoms with Crippen molar-refractivity contribution in [1.82, 2.24) is 0 Å². The Bertz CT molecular complexity index is 369. The molecule has 82 valence electrons. The maximum absolute atomic E-state index is 11.7. The highest BCUT2D eigenvalue weighted by atomic mass is 16.5. The zero-order chi connectivity index (χ0) is 11.4. The molecule has 0 bridgehead atoms. The first-order chi connectivity index (χ1) is 7.13. The summed E-state index contributed by atoms with van der Waals surface area (Å²) >= 11 is 0. The third-order valence-corrected chi connectivity index (χ3v) is 2.24. The second-order valence-electron chi connectivity index (χ2n) is 3.32. The first-order valence-electron chi connectivity index (χ1n) is 4.89. The molecule has 0 radical (unpaired) electrons. The maximum atomic E-state index is 11.7. The number of rotatable bonds is 4. The van der Waals surface area contributed by atoms with E-state index in [4.69, 9.17) is 9.47 Å². The highest BCUT2D eigenvalue weighted by molar-refractivity contribution is 5.99. The lowest BCUT2D eigenvalue weighted by atomic mass is 10.0. The van der Waals surface area contributed by atoms with Gasteiger partial charge in [0.25, 0.3) is 0 Å². The van der Waals surface area contributed by atoms with E-state index in [0.29, 0.717) is 23.5 Å². The van der Waals surface area contributed by atoms with Gasteiger partial charge in [-0.05, 0) is 24.6 Å². The normalized spacial score (nSPS) is 9.87. The first kappa shape index (κ1) is 11.6. The Balaban J connectivity index is 3.35. The van der Waals surface area contributed by atoms with Crippen molar-refractivity contribution >= 4 is 5.78 Å². The monoisotopic (exact) mass is 208 g/mol. The largest absolute Gasteiger partial charge is 0.493 e. The highest BCUT2D eigenvalue weighted by Crippen LogP contribution is 2.33. The average Bonchev–Trinajstić information content (AvgIpc) is 2.26. The Hall–Kier alpha value is -1.51. The molecular formula is C12H16O3. The lowest BCUT2D eigenvalue weighted by molar-refractivity contribution is 0.0984. The van der Waals surface area contributed by atoms with Gasteiger partial charge in [-0.15, -0.1) is 0 Å². The molecule has 0 spiro atoms. The molecule has 1 rings (SSSR count). The van der Waals surface area contributed by atoms with E-state index in [9.17, 15) is 4.79 Å². The van der Waals surface area contributed by atoms with Gasteiger partial charge >= 0.3 is 0 Å². The average molecular weight is 208 g/mol. The summed E-state index contributed by atoms with van der Waals surface area (Å²) < 4.78 is 10.4. The second kappa shape index (κ2) is 4.82. The predicted molar refractivity (Wildman–Crippen MR) is 58.9 cm³/mol. The Morgan fingerprint density at radius 2 is 1.93 bits per heavy atom. The maximum Gasteiger partial charge on any atom is 0.171 e. The fourth-order valence-electron chi connectivity index (χ4n) is 1.50. The van der Waals surface area contributed by atoms with Crippen LogP contribution in [0.5, 0.6) is 11.5 Å². The molecule has 1 aromatic rings. The number of ether oxygens (including phenoxy) is 2. The van der Waals surface area contributed by atoms with Crippen LogP contribution in [-0.2, 0) is 0 Å². The molecule has 0 heterocycles. The highest BCUT2D eigenvalue weighted by Gasteiger charge is 2.15. The van der Waals surface area contributed by atoms with Crippen LogP contribution in [0.15, 0.2) is 12.1 Å². The first-order valence-corrected chi connectivity index (χ1v) is 4.89. The number of aryl methyl sites for hydroxylation is 1. The van der Waals surface area contributed by atoms with Crippen molar-refractivity contribution in [2.45, 2.75) is 20.3 Å². The van der Waals surface area contributed by atoms with Crippen LogP contribution >= 0.6 is 0 Å². The Morgan fingerprint density at radius 3 is 2.40 bits per heavy atom. The van der Waals surface area contributed by atoms with Gasteiger partial charge in [0.15, 0.2) is 17.3 Å². The fourth-order valence-corrected chi connectivity index (χ4v) is 1.50. The molecule has 0 aromatic heterocycles. The molecule has 0 atom stereocenters. The van der Waals surface area contributed by atoms with Crippen molar-refractivity contribution in [3.8, 4) is 11.5 Å². The smallest absolute Gasteiger partial charge is 0.171 e. The van der Waals surface area contributed by atoms with Gasteiger partial charge in [-0.2, -0.15) is 0 Å². The van der Waals surface area contributed by atoms with Crippen molar-refractivity contribution < 1.29 is 14.3 Å². The molecule has 0 N–H and O–H groups in total. The molecule has 0 amide bonds. The fraction of sp³-hybridized carbons (Fsp3) is 0.417. The summed E-state index contributed by atoms with van der Waals surface area (Å²) in [4.78, 5) is 11.7. The zero-order valence-corrected chi connectivity index (χ0v) is 9.59. The summed E-state index contributed by atoms with van der Waals surface area (Å²) in [7, 11) is 3.11. The van der Waals surface area contributed by atoms with Gasteiger partial charge in [-0.1, -0.05) is 6.92 Å². The van der Waals surface area contributed by atoms with Crippen molar-refractivity contribution in [2.75, 3.05) is 14.2 Å². The molecule has 0 unspecified atom stereocenters. The summed E-state index contributed by atoms with van der Waals surface area (Å²) in [6.45, 7) is 3.75. The summed E-state index contributed by atoms with van der Waals surface area (Å²) in [5.74, 6) is 1.19. The van der Waals surface area contributed by atoms with Crippen LogP contribution in [0.4, 0.5) is 0 Å². The molecule has 0 saturated carbocycles. The predicted octanol–water partition coefficient (Wildman–Crippen LogP) is 2.60. The molecule has 0 fully saturated rings. The number of Topliss-reactive ketones (excluding diaryl/α,β-unsaturated/α-hetero) is 1. The number of hydrogen-bond donors (Lipinski definition) is 0. The van der Waals surface area contributed by atoms with Crippen LogP contribution in [0, 0.1) is 6.92 Å². The van der Waals surface area contributed by atoms with Gasteiger partial charge in [-0.3, -0.25) is 4.79 Å². The van der Waals surface area contributed by atoms with Crippen LogP contribution in [0.1, 0.15) is 29.3 Å². The van der Waals surface area contributed by atoms with Crippen LogP contribution in [0.3, 0.4) is 0 Å². The summed E-state index contributed by atoms with van der Waals surface area (Å²) in [6, 6.07) is 3.68.